The molecule has 1 atom stereocenters. The smallest absolute Gasteiger partial charge is 0.197 e. The molecule has 6 heteroatoms. The summed E-state index contributed by atoms with van der Waals surface area (Å²) in [6, 6.07) is 9.78. The van der Waals surface area contributed by atoms with Crippen LogP contribution in [0.15, 0.2) is 41.0 Å². The van der Waals surface area contributed by atoms with Crippen LogP contribution in [-0.4, -0.2) is 9.78 Å². The molecule has 0 fully saturated rings. The zero-order valence-electron chi connectivity index (χ0n) is 11.0. The predicted octanol–water partition coefficient (Wildman–Crippen LogP) is 2.57. The highest BCUT2D eigenvalue weighted by molar-refractivity contribution is 6.29. The fourth-order valence-electron chi connectivity index (χ4n) is 2.45. The third-order valence-electron chi connectivity index (χ3n) is 3.45. The highest BCUT2D eigenvalue weighted by atomic mass is 35.5. The van der Waals surface area contributed by atoms with E-state index in [-0.39, 0.29) is 6.04 Å². The molecule has 0 spiro atoms. The fourth-order valence-corrected chi connectivity index (χ4v) is 2.69. The average Bonchev–Trinajstić information content (AvgIpc) is 3.01. The molecule has 20 heavy (non-hydrogen) atoms. The van der Waals surface area contributed by atoms with Crippen molar-refractivity contribution in [3.63, 3.8) is 0 Å². The van der Waals surface area contributed by atoms with E-state index < -0.39 is 0 Å². The number of nitrogens with one attached hydrogen (secondary N) is 1. The number of nitrogens with zero attached hydrogens (tertiary/aromatic N) is 2. The number of para-hydroxylation sites is 1. The second kappa shape index (κ2) is 5.28. The lowest BCUT2D eigenvalue weighted by molar-refractivity contribution is 0.522. The molecule has 0 amide bonds. The van der Waals surface area contributed by atoms with Gasteiger partial charge in [-0.25, -0.2) is 0 Å². The number of aryl methyl sites for hydroxylation is 1. The van der Waals surface area contributed by atoms with Crippen LogP contribution >= 0.6 is 11.6 Å². The summed E-state index contributed by atoms with van der Waals surface area (Å²) in [5.41, 5.74) is 5.68. The Bertz CT molecular complexity index is 734. The Morgan fingerprint density at radius 1 is 1.40 bits per heavy atom. The van der Waals surface area contributed by atoms with Crippen LogP contribution in [0, 0.1) is 0 Å². The van der Waals surface area contributed by atoms with Crippen molar-refractivity contribution < 1.29 is 4.42 Å². The molecule has 0 saturated heterocycles. The first kappa shape index (κ1) is 13.2. The van der Waals surface area contributed by atoms with Gasteiger partial charge in [0.25, 0.3) is 0 Å². The van der Waals surface area contributed by atoms with Gasteiger partial charge in [0.05, 0.1) is 23.5 Å². The van der Waals surface area contributed by atoms with Gasteiger partial charge in [0, 0.05) is 24.4 Å². The predicted molar refractivity (Wildman–Crippen MR) is 78.2 cm³/mol. The zero-order chi connectivity index (χ0) is 14.1. The number of hydrogen-bond acceptors (Lipinski definition) is 4. The van der Waals surface area contributed by atoms with Gasteiger partial charge < -0.3 is 4.42 Å². The maximum Gasteiger partial charge on any atom is 0.197 e. The molecular formula is C14H15ClN4O. The molecule has 1 unspecified atom stereocenters. The van der Waals surface area contributed by atoms with E-state index in [9.17, 15) is 0 Å². The number of halogens is 1. The van der Waals surface area contributed by atoms with Gasteiger partial charge in [-0.1, -0.05) is 18.2 Å². The Kier molecular flexibility index (Phi) is 3.48. The summed E-state index contributed by atoms with van der Waals surface area (Å²) in [5, 5.41) is 6.04. The molecule has 5 nitrogen and oxygen atoms in total. The molecule has 0 aliphatic rings. The highest BCUT2D eigenvalue weighted by Crippen LogP contribution is 2.28. The molecule has 0 saturated carbocycles. The van der Waals surface area contributed by atoms with E-state index in [2.05, 4.69) is 16.6 Å². The van der Waals surface area contributed by atoms with Gasteiger partial charge in [-0.3, -0.25) is 16.0 Å². The lowest BCUT2D eigenvalue weighted by Crippen LogP contribution is -2.29. The molecule has 0 aliphatic heterocycles. The zero-order valence-corrected chi connectivity index (χ0v) is 11.8. The van der Waals surface area contributed by atoms with Gasteiger partial charge >= 0.3 is 0 Å². The SMILES string of the molecule is Cn1nc(CC(NN)c2ccoc2Cl)c2ccccc21. The summed E-state index contributed by atoms with van der Waals surface area (Å²) in [6.07, 6.45) is 2.19. The summed E-state index contributed by atoms with van der Waals surface area (Å²) >= 11 is 6.02. The molecule has 0 aliphatic carbocycles. The topological polar surface area (TPSA) is 69.0 Å². The summed E-state index contributed by atoms with van der Waals surface area (Å²) in [6.45, 7) is 0. The van der Waals surface area contributed by atoms with E-state index in [1.54, 1.807) is 6.26 Å². The Labute approximate surface area is 121 Å². The van der Waals surface area contributed by atoms with Gasteiger partial charge in [0.1, 0.15) is 0 Å². The van der Waals surface area contributed by atoms with E-state index in [1.807, 2.05) is 36.0 Å². The first-order chi connectivity index (χ1) is 9.70. The summed E-state index contributed by atoms with van der Waals surface area (Å²) in [5.74, 6) is 5.65. The minimum Gasteiger partial charge on any atom is -0.453 e. The Balaban J connectivity index is 1.98. The Morgan fingerprint density at radius 3 is 2.90 bits per heavy atom. The van der Waals surface area contributed by atoms with E-state index in [4.69, 9.17) is 21.9 Å². The largest absolute Gasteiger partial charge is 0.453 e. The van der Waals surface area contributed by atoms with Crippen molar-refractivity contribution in [2.45, 2.75) is 12.5 Å². The number of nitrogens with two attached hydrogens (primary N) is 1. The van der Waals surface area contributed by atoms with Gasteiger partial charge in [-0.15, -0.1) is 0 Å². The van der Waals surface area contributed by atoms with Gasteiger partial charge in [0.2, 0.25) is 0 Å². The molecule has 2 aromatic heterocycles. The van der Waals surface area contributed by atoms with Gasteiger partial charge in [0.15, 0.2) is 5.22 Å². The normalized spacial score (nSPS) is 12.9. The maximum atomic E-state index is 6.02. The van der Waals surface area contributed by atoms with Crippen molar-refractivity contribution in [2.24, 2.45) is 12.9 Å². The number of furan rings is 1. The van der Waals surface area contributed by atoms with E-state index >= 15 is 0 Å². The Hall–Kier alpha value is -1.82. The molecule has 0 bridgehead atoms. The number of rotatable bonds is 4. The highest BCUT2D eigenvalue weighted by Gasteiger charge is 2.19. The first-order valence-electron chi connectivity index (χ1n) is 6.30. The molecular weight excluding hydrogens is 276 g/mol. The maximum absolute atomic E-state index is 6.02. The lowest BCUT2D eigenvalue weighted by Gasteiger charge is -2.13. The molecule has 2 heterocycles. The second-order valence-electron chi connectivity index (χ2n) is 4.66. The van der Waals surface area contributed by atoms with Crippen molar-refractivity contribution in [3.8, 4) is 0 Å². The number of benzene rings is 1. The number of aromatic nitrogens is 2. The summed E-state index contributed by atoms with van der Waals surface area (Å²) in [7, 11) is 1.93. The van der Waals surface area contributed by atoms with E-state index in [0.29, 0.717) is 11.6 Å². The monoisotopic (exact) mass is 290 g/mol. The van der Waals surface area contributed by atoms with Crippen LogP contribution in [0.1, 0.15) is 17.3 Å². The summed E-state index contributed by atoms with van der Waals surface area (Å²) in [4.78, 5) is 0. The summed E-state index contributed by atoms with van der Waals surface area (Å²) < 4.78 is 6.99. The van der Waals surface area contributed by atoms with Crippen LogP contribution in [0.4, 0.5) is 0 Å². The van der Waals surface area contributed by atoms with Gasteiger partial charge in [-0.2, -0.15) is 5.10 Å². The van der Waals surface area contributed by atoms with Crippen molar-refractivity contribution in [3.05, 3.63) is 53.1 Å². The standard InChI is InChI=1S/C14H15ClN4O/c1-19-13-5-3-2-4-9(13)12(18-19)8-11(17-16)10-6-7-20-14(10)15/h2-7,11,17H,8,16H2,1H3. The van der Waals surface area contributed by atoms with Crippen molar-refractivity contribution in [1.29, 1.82) is 0 Å². The molecule has 1 aromatic carbocycles. The Morgan fingerprint density at radius 2 is 2.20 bits per heavy atom. The third-order valence-corrected chi connectivity index (χ3v) is 3.76. The lowest BCUT2D eigenvalue weighted by atomic mass is 10.0. The number of fused-ring (bicyclic) bond motifs is 1. The van der Waals surface area contributed by atoms with Crippen molar-refractivity contribution in [2.75, 3.05) is 0 Å². The van der Waals surface area contributed by atoms with Crippen LogP contribution in [0.25, 0.3) is 10.9 Å². The van der Waals surface area contributed by atoms with Crippen molar-refractivity contribution >= 4 is 22.5 Å². The van der Waals surface area contributed by atoms with Gasteiger partial charge in [-0.05, 0) is 23.7 Å². The number of hydrazine groups is 1. The fraction of sp³-hybridized carbons (Fsp3) is 0.214. The second-order valence-corrected chi connectivity index (χ2v) is 5.00. The number of hydrogen-bond donors (Lipinski definition) is 2. The van der Waals surface area contributed by atoms with Crippen LogP contribution in [0.2, 0.25) is 5.22 Å². The van der Waals surface area contributed by atoms with Crippen LogP contribution in [0.5, 0.6) is 0 Å². The molecule has 0 radical (unpaired) electrons. The third kappa shape index (κ3) is 2.20. The molecule has 3 aromatic rings. The molecule has 3 rings (SSSR count). The molecule has 3 N–H and O–H groups in total. The van der Waals surface area contributed by atoms with Crippen LogP contribution in [0.3, 0.4) is 0 Å². The minimum absolute atomic E-state index is 0.139. The first-order valence-corrected chi connectivity index (χ1v) is 6.68. The van der Waals surface area contributed by atoms with Crippen LogP contribution in [-0.2, 0) is 13.5 Å². The van der Waals surface area contributed by atoms with Crippen molar-refractivity contribution in [1.82, 2.24) is 15.2 Å². The minimum atomic E-state index is -0.139. The van der Waals surface area contributed by atoms with Crippen LogP contribution < -0.4 is 11.3 Å². The quantitative estimate of drug-likeness (QED) is 0.572. The average molecular weight is 291 g/mol. The molecule has 104 valence electrons. The van der Waals surface area contributed by atoms with E-state index in [1.165, 1.54) is 0 Å². The van der Waals surface area contributed by atoms with E-state index in [0.717, 1.165) is 22.2 Å².